The standard InChI is InChI=1S/C15H18N6O3/c1-20-13(22)3-2-10(19-20)15(24)21-6-4-9(5-7-21)11-8-12(14(16)23)18-17-11/h2-3,8-9H,4-7H2,1H3,(H2,16,23)(H,17,18). The van der Waals surface area contributed by atoms with Crippen molar-refractivity contribution in [3.05, 3.63) is 45.6 Å². The van der Waals surface area contributed by atoms with E-state index in [0.717, 1.165) is 23.2 Å². The van der Waals surface area contributed by atoms with Gasteiger partial charge in [-0.15, -0.1) is 0 Å². The number of carbonyl (C=O) groups excluding carboxylic acids is 2. The van der Waals surface area contributed by atoms with Crippen molar-refractivity contribution in [2.24, 2.45) is 12.8 Å². The van der Waals surface area contributed by atoms with Crippen molar-refractivity contribution in [1.82, 2.24) is 24.9 Å². The van der Waals surface area contributed by atoms with E-state index >= 15 is 0 Å². The molecule has 0 aliphatic carbocycles. The average molecular weight is 330 g/mol. The van der Waals surface area contributed by atoms with Crippen molar-refractivity contribution in [1.29, 1.82) is 0 Å². The highest BCUT2D eigenvalue weighted by Crippen LogP contribution is 2.27. The summed E-state index contributed by atoms with van der Waals surface area (Å²) in [7, 11) is 1.51. The van der Waals surface area contributed by atoms with Gasteiger partial charge in [0.15, 0.2) is 0 Å². The minimum Gasteiger partial charge on any atom is -0.364 e. The van der Waals surface area contributed by atoms with Gasteiger partial charge in [-0.3, -0.25) is 19.5 Å². The summed E-state index contributed by atoms with van der Waals surface area (Å²) < 4.78 is 1.15. The zero-order chi connectivity index (χ0) is 17.3. The number of nitrogens with one attached hydrogen (secondary N) is 1. The van der Waals surface area contributed by atoms with Crippen LogP contribution < -0.4 is 11.3 Å². The Balaban J connectivity index is 1.65. The number of primary amides is 1. The monoisotopic (exact) mass is 330 g/mol. The summed E-state index contributed by atoms with van der Waals surface area (Å²) in [6.45, 7) is 1.14. The van der Waals surface area contributed by atoms with Crippen molar-refractivity contribution >= 4 is 11.8 Å². The molecule has 2 amide bonds. The lowest BCUT2D eigenvalue weighted by Gasteiger charge is -2.31. The Labute approximate surface area is 137 Å². The number of hydrogen-bond donors (Lipinski definition) is 2. The number of H-pyrrole nitrogens is 1. The van der Waals surface area contributed by atoms with Crippen LogP contribution in [0.1, 0.15) is 45.4 Å². The summed E-state index contributed by atoms with van der Waals surface area (Å²) in [5.41, 5.74) is 6.28. The molecule has 2 aromatic heterocycles. The molecule has 0 spiro atoms. The number of rotatable bonds is 3. The Morgan fingerprint density at radius 1 is 1.25 bits per heavy atom. The molecule has 126 valence electrons. The summed E-state index contributed by atoms with van der Waals surface area (Å²) in [4.78, 5) is 36.6. The maximum atomic E-state index is 12.5. The van der Waals surface area contributed by atoms with Gasteiger partial charge in [0.1, 0.15) is 11.4 Å². The van der Waals surface area contributed by atoms with E-state index in [1.807, 2.05) is 0 Å². The third-order valence-electron chi connectivity index (χ3n) is 4.25. The van der Waals surface area contributed by atoms with E-state index in [4.69, 9.17) is 5.73 Å². The number of carbonyl (C=O) groups is 2. The summed E-state index contributed by atoms with van der Waals surface area (Å²) >= 11 is 0. The molecule has 0 saturated carbocycles. The van der Waals surface area contributed by atoms with Crippen molar-refractivity contribution in [3.63, 3.8) is 0 Å². The van der Waals surface area contributed by atoms with Gasteiger partial charge in [-0.2, -0.15) is 10.2 Å². The molecule has 3 N–H and O–H groups in total. The van der Waals surface area contributed by atoms with E-state index < -0.39 is 5.91 Å². The number of nitrogens with zero attached hydrogens (tertiary/aromatic N) is 4. The van der Waals surface area contributed by atoms with E-state index in [9.17, 15) is 14.4 Å². The largest absolute Gasteiger partial charge is 0.364 e. The Morgan fingerprint density at radius 2 is 1.96 bits per heavy atom. The second-order valence-electron chi connectivity index (χ2n) is 5.82. The highest BCUT2D eigenvalue weighted by Gasteiger charge is 2.26. The Bertz CT molecular complexity index is 832. The van der Waals surface area contributed by atoms with E-state index in [1.54, 1.807) is 11.0 Å². The molecule has 0 atom stereocenters. The first-order valence-corrected chi connectivity index (χ1v) is 7.64. The van der Waals surface area contributed by atoms with Crippen LogP contribution in [0, 0.1) is 0 Å². The third kappa shape index (κ3) is 3.05. The summed E-state index contributed by atoms with van der Waals surface area (Å²) in [5.74, 6) is -0.555. The van der Waals surface area contributed by atoms with Crippen LogP contribution in [0.25, 0.3) is 0 Å². The second-order valence-corrected chi connectivity index (χ2v) is 5.82. The molecule has 0 radical (unpaired) electrons. The van der Waals surface area contributed by atoms with E-state index in [2.05, 4.69) is 15.3 Å². The molecule has 0 unspecified atom stereocenters. The van der Waals surface area contributed by atoms with Crippen LogP contribution in [0.4, 0.5) is 0 Å². The van der Waals surface area contributed by atoms with E-state index in [1.165, 1.54) is 19.2 Å². The number of hydrogen-bond acceptors (Lipinski definition) is 5. The lowest BCUT2D eigenvalue weighted by Crippen LogP contribution is -2.39. The maximum Gasteiger partial charge on any atom is 0.274 e. The van der Waals surface area contributed by atoms with Gasteiger partial charge in [0.25, 0.3) is 17.4 Å². The molecule has 9 heteroatoms. The highest BCUT2D eigenvalue weighted by atomic mass is 16.2. The molecule has 1 aliphatic rings. The smallest absolute Gasteiger partial charge is 0.274 e. The highest BCUT2D eigenvalue weighted by molar-refractivity contribution is 5.92. The predicted molar refractivity (Wildman–Crippen MR) is 84.5 cm³/mol. The molecule has 0 aromatic carbocycles. The number of aromatic amines is 1. The second kappa shape index (κ2) is 6.26. The van der Waals surface area contributed by atoms with Crippen LogP contribution in [-0.2, 0) is 7.05 Å². The number of aryl methyl sites for hydroxylation is 1. The fourth-order valence-electron chi connectivity index (χ4n) is 2.84. The third-order valence-corrected chi connectivity index (χ3v) is 4.25. The van der Waals surface area contributed by atoms with E-state index in [0.29, 0.717) is 13.1 Å². The minimum absolute atomic E-state index is 0.188. The number of piperidine rings is 1. The minimum atomic E-state index is -0.564. The van der Waals surface area contributed by atoms with Gasteiger partial charge in [-0.05, 0) is 25.0 Å². The molecular formula is C15H18N6O3. The maximum absolute atomic E-state index is 12.5. The number of amides is 2. The van der Waals surface area contributed by atoms with Crippen LogP contribution in [0.3, 0.4) is 0 Å². The topological polar surface area (TPSA) is 127 Å². The molecule has 9 nitrogen and oxygen atoms in total. The van der Waals surface area contributed by atoms with Crippen LogP contribution >= 0.6 is 0 Å². The molecule has 2 aromatic rings. The van der Waals surface area contributed by atoms with Gasteiger partial charge in [0, 0.05) is 37.8 Å². The normalized spacial score (nSPS) is 15.5. The van der Waals surface area contributed by atoms with Crippen molar-refractivity contribution in [2.75, 3.05) is 13.1 Å². The number of likely N-dealkylation sites (tertiary alicyclic amines) is 1. The zero-order valence-electron chi connectivity index (χ0n) is 13.2. The fourth-order valence-corrected chi connectivity index (χ4v) is 2.84. The molecule has 1 fully saturated rings. The molecule has 3 heterocycles. The predicted octanol–water partition coefficient (Wildman–Crippen LogP) is -0.378. The number of nitrogens with two attached hydrogens (primary N) is 1. The molecule has 1 aliphatic heterocycles. The molecular weight excluding hydrogens is 312 g/mol. The van der Waals surface area contributed by atoms with Crippen molar-refractivity contribution in [3.8, 4) is 0 Å². The van der Waals surface area contributed by atoms with Crippen LogP contribution in [0.2, 0.25) is 0 Å². The Hall–Kier alpha value is -2.97. The average Bonchev–Trinajstić information content (AvgIpc) is 3.07. The Kier molecular flexibility index (Phi) is 4.15. The fraction of sp³-hybridized carbons (Fsp3) is 0.400. The van der Waals surface area contributed by atoms with Gasteiger partial charge in [-0.25, -0.2) is 4.68 Å². The lowest BCUT2D eigenvalue weighted by molar-refractivity contribution is 0.0703. The summed E-state index contributed by atoms with van der Waals surface area (Å²) in [5, 5.41) is 10.7. The van der Waals surface area contributed by atoms with Crippen LogP contribution in [0.15, 0.2) is 23.0 Å². The molecule has 3 rings (SSSR count). The zero-order valence-corrected chi connectivity index (χ0v) is 13.2. The van der Waals surface area contributed by atoms with Gasteiger partial charge >= 0.3 is 0 Å². The summed E-state index contributed by atoms with van der Waals surface area (Å²) in [6, 6.07) is 4.45. The van der Waals surface area contributed by atoms with Crippen LogP contribution in [0.5, 0.6) is 0 Å². The quantitative estimate of drug-likeness (QED) is 0.793. The SMILES string of the molecule is Cn1nc(C(=O)N2CCC(c3cc(C(N)=O)n[nH]3)CC2)ccc1=O. The first-order valence-electron chi connectivity index (χ1n) is 7.64. The van der Waals surface area contributed by atoms with Gasteiger partial charge < -0.3 is 10.6 Å². The lowest BCUT2D eigenvalue weighted by atomic mass is 9.93. The first kappa shape index (κ1) is 15.9. The number of aromatic nitrogens is 4. The molecule has 0 bridgehead atoms. The van der Waals surface area contributed by atoms with E-state index in [-0.39, 0.29) is 28.8 Å². The molecule has 24 heavy (non-hydrogen) atoms. The summed E-state index contributed by atoms with van der Waals surface area (Å²) in [6.07, 6.45) is 1.50. The molecule has 1 saturated heterocycles. The van der Waals surface area contributed by atoms with Crippen LogP contribution in [-0.4, -0.2) is 49.8 Å². The first-order chi connectivity index (χ1) is 11.5. The van der Waals surface area contributed by atoms with Gasteiger partial charge in [0.2, 0.25) is 0 Å². The van der Waals surface area contributed by atoms with Crippen molar-refractivity contribution in [2.45, 2.75) is 18.8 Å². The Morgan fingerprint density at radius 3 is 2.54 bits per heavy atom. The van der Waals surface area contributed by atoms with Gasteiger partial charge in [0.05, 0.1) is 0 Å². The van der Waals surface area contributed by atoms with Crippen molar-refractivity contribution < 1.29 is 9.59 Å². The van der Waals surface area contributed by atoms with Gasteiger partial charge in [-0.1, -0.05) is 0 Å².